The molecule has 0 bridgehead atoms. The summed E-state index contributed by atoms with van der Waals surface area (Å²) in [5, 5.41) is 14.3. The first-order valence-corrected chi connectivity index (χ1v) is 7.19. The molecule has 0 aliphatic carbocycles. The van der Waals surface area contributed by atoms with Crippen LogP contribution in [0.25, 0.3) is 11.0 Å². The Morgan fingerprint density at radius 1 is 1.43 bits per heavy atom. The lowest BCUT2D eigenvalue weighted by Crippen LogP contribution is -2.42. The lowest BCUT2D eigenvalue weighted by atomic mass is 10.3. The van der Waals surface area contributed by atoms with Crippen LogP contribution in [0.5, 0.6) is 0 Å². The lowest BCUT2D eigenvalue weighted by Gasteiger charge is -2.12. The number of carbonyl (C=O) groups excluding carboxylic acids is 1. The van der Waals surface area contributed by atoms with Gasteiger partial charge in [0.2, 0.25) is 0 Å². The van der Waals surface area contributed by atoms with Crippen LogP contribution in [0.15, 0.2) is 24.3 Å². The maximum absolute atomic E-state index is 11.5. The first-order chi connectivity index (χ1) is 10.1. The Bertz CT molecular complexity index is 609. The first kappa shape index (κ1) is 15.3. The van der Waals surface area contributed by atoms with Gasteiger partial charge in [0.25, 0.3) is 0 Å². The molecule has 0 unspecified atom stereocenters. The molecule has 2 aromatic rings. The molecule has 114 valence electrons. The minimum absolute atomic E-state index is 0.0619. The van der Waals surface area contributed by atoms with Crippen LogP contribution < -0.4 is 10.6 Å². The molecule has 6 heteroatoms. The van der Waals surface area contributed by atoms with Gasteiger partial charge in [-0.2, -0.15) is 0 Å². The van der Waals surface area contributed by atoms with E-state index >= 15 is 0 Å². The van der Waals surface area contributed by atoms with Crippen molar-refractivity contribution >= 4 is 17.1 Å². The lowest BCUT2D eigenvalue weighted by molar-refractivity contribution is 0.220. The Kier molecular flexibility index (Phi) is 5.16. The number of aliphatic hydroxyl groups excluding tert-OH is 1. The second-order valence-electron chi connectivity index (χ2n) is 5.14. The van der Waals surface area contributed by atoms with Gasteiger partial charge in [0.05, 0.1) is 23.7 Å². The van der Waals surface area contributed by atoms with E-state index in [-0.39, 0.29) is 18.7 Å². The zero-order valence-electron chi connectivity index (χ0n) is 12.5. The smallest absolute Gasteiger partial charge is 0.315 e. The fourth-order valence-corrected chi connectivity index (χ4v) is 2.24. The summed E-state index contributed by atoms with van der Waals surface area (Å²) >= 11 is 0. The van der Waals surface area contributed by atoms with E-state index in [1.165, 1.54) is 0 Å². The van der Waals surface area contributed by atoms with Gasteiger partial charge in [0.15, 0.2) is 0 Å². The van der Waals surface area contributed by atoms with Crippen LogP contribution in [0, 0.1) is 6.92 Å². The standard InChI is InChI=1S/C15H22N4O2/c1-11(10-20)17-15(21)16-8-5-9-19-12(2)18-13-6-3-4-7-14(13)19/h3-4,6-7,11,20H,5,8-10H2,1-2H3,(H2,16,17,21)/t11-/m0/s1. The molecule has 21 heavy (non-hydrogen) atoms. The Labute approximate surface area is 124 Å². The van der Waals surface area contributed by atoms with Crippen molar-refractivity contribution in [2.24, 2.45) is 0 Å². The van der Waals surface area contributed by atoms with Crippen molar-refractivity contribution in [2.75, 3.05) is 13.2 Å². The zero-order chi connectivity index (χ0) is 15.2. The molecule has 0 spiro atoms. The number of carbonyl (C=O) groups is 1. The van der Waals surface area contributed by atoms with Crippen molar-refractivity contribution in [3.8, 4) is 0 Å². The number of benzene rings is 1. The number of imidazole rings is 1. The highest BCUT2D eigenvalue weighted by molar-refractivity contribution is 5.76. The predicted molar refractivity (Wildman–Crippen MR) is 82.2 cm³/mol. The quantitative estimate of drug-likeness (QED) is 0.704. The fourth-order valence-electron chi connectivity index (χ4n) is 2.24. The van der Waals surface area contributed by atoms with E-state index in [9.17, 15) is 4.79 Å². The van der Waals surface area contributed by atoms with Gasteiger partial charge in [-0.05, 0) is 32.4 Å². The van der Waals surface area contributed by atoms with E-state index < -0.39 is 0 Å². The average Bonchev–Trinajstić information content (AvgIpc) is 2.79. The van der Waals surface area contributed by atoms with Gasteiger partial charge in [-0.15, -0.1) is 0 Å². The van der Waals surface area contributed by atoms with Gasteiger partial charge < -0.3 is 20.3 Å². The Hall–Kier alpha value is -2.08. The van der Waals surface area contributed by atoms with Crippen molar-refractivity contribution in [3.63, 3.8) is 0 Å². The second kappa shape index (κ2) is 7.08. The summed E-state index contributed by atoms with van der Waals surface area (Å²) in [6.45, 7) is 5.06. The van der Waals surface area contributed by atoms with Gasteiger partial charge >= 0.3 is 6.03 Å². The number of nitrogens with zero attached hydrogens (tertiary/aromatic N) is 2. The van der Waals surface area contributed by atoms with Crippen LogP contribution >= 0.6 is 0 Å². The molecule has 0 fully saturated rings. The average molecular weight is 290 g/mol. The summed E-state index contributed by atoms with van der Waals surface area (Å²) in [6.07, 6.45) is 0.822. The number of urea groups is 1. The van der Waals surface area contributed by atoms with Gasteiger partial charge in [0, 0.05) is 13.1 Å². The number of fused-ring (bicyclic) bond motifs is 1. The molecule has 0 aliphatic heterocycles. The number of aryl methyl sites for hydroxylation is 2. The van der Waals surface area contributed by atoms with Crippen LogP contribution in [-0.4, -0.2) is 39.9 Å². The van der Waals surface area contributed by atoms with E-state index in [1.807, 2.05) is 25.1 Å². The third kappa shape index (κ3) is 3.95. The minimum atomic E-state index is -0.247. The van der Waals surface area contributed by atoms with Crippen molar-refractivity contribution in [1.82, 2.24) is 20.2 Å². The van der Waals surface area contributed by atoms with Crippen molar-refractivity contribution in [3.05, 3.63) is 30.1 Å². The third-order valence-electron chi connectivity index (χ3n) is 3.34. The fraction of sp³-hybridized carbons (Fsp3) is 0.467. The van der Waals surface area contributed by atoms with Gasteiger partial charge in [-0.25, -0.2) is 9.78 Å². The molecule has 1 atom stereocenters. The van der Waals surface area contributed by atoms with Crippen LogP contribution in [0.1, 0.15) is 19.2 Å². The number of aromatic nitrogens is 2. The van der Waals surface area contributed by atoms with Crippen molar-refractivity contribution in [2.45, 2.75) is 32.9 Å². The number of amides is 2. The van der Waals surface area contributed by atoms with Crippen LogP contribution in [-0.2, 0) is 6.54 Å². The number of rotatable bonds is 6. The number of nitrogens with one attached hydrogen (secondary N) is 2. The molecule has 2 rings (SSSR count). The van der Waals surface area contributed by atoms with Crippen molar-refractivity contribution < 1.29 is 9.90 Å². The molecule has 1 aromatic heterocycles. The van der Waals surface area contributed by atoms with Gasteiger partial charge in [-0.1, -0.05) is 12.1 Å². The summed E-state index contributed by atoms with van der Waals surface area (Å²) in [6, 6.07) is 7.56. The van der Waals surface area contributed by atoms with E-state index in [2.05, 4.69) is 26.3 Å². The topological polar surface area (TPSA) is 79.2 Å². The SMILES string of the molecule is Cc1nc2ccccc2n1CCCNC(=O)N[C@@H](C)CO. The maximum Gasteiger partial charge on any atom is 0.315 e. The van der Waals surface area contributed by atoms with Gasteiger partial charge in [-0.3, -0.25) is 0 Å². The van der Waals surface area contributed by atoms with Crippen LogP contribution in [0.2, 0.25) is 0 Å². The molecular weight excluding hydrogens is 268 g/mol. The maximum atomic E-state index is 11.5. The number of aliphatic hydroxyl groups is 1. The molecular formula is C15H22N4O2. The van der Waals surface area contributed by atoms with Crippen LogP contribution in [0.3, 0.4) is 0 Å². The van der Waals surface area contributed by atoms with Crippen LogP contribution in [0.4, 0.5) is 4.79 Å². The third-order valence-corrected chi connectivity index (χ3v) is 3.34. The number of para-hydroxylation sites is 2. The monoisotopic (exact) mass is 290 g/mol. The molecule has 0 saturated carbocycles. The largest absolute Gasteiger partial charge is 0.394 e. The molecule has 0 aliphatic rings. The Balaban J connectivity index is 1.83. The highest BCUT2D eigenvalue weighted by atomic mass is 16.3. The van der Waals surface area contributed by atoms with E-state index in [1.54, 1.807) is 6.92 Å². The summed E-state index contributed by atoms with van der Waals surface area (Å²) in [4.78, 5) is 16.0. The Morgan fingerprint density at radius 3 is 2.95 bits per heavy atom. The molecule has 3 N–H and O–H groups in total. The van der Waals surface area contributed by atoms with Gasteiger partial charge in [0.1, 0.15) is 5.82 Å². The molecule has 2 amide bonds. The summed E-state index contributed by atoms with van der Waals surface area (Å²) in [5.41, 5.74) is 2.12. The highest BCUT2D eigenvalue weighted by Crippen LogP contribution is 2.15. The molecule has 1 aromatic carbocycles. The summed E-state index contributed by atoms with van der Waals surface area (Å²) < 4.78 is 2.16. The zero-order valence-corrected chi connectivity index (χ0v) is 12.5. The number of hydrogen-bond donors (Lipinski definition) is 3. The van der Waals surface area contributed by atoms with Crippen molar-refractivity contribution in [1.29, 1.82) is 0 Å². The second-order valence-corrected chi connectivity index (χ2v) is 5.14. The number of hydrogen-bond acceptors (Lipinski definition) is 3. The first-order valence-electron chi connectivity index (χ1n) is 7.19. The van der Waals surface area contributed by atoms with E-state index in [4.69, 9.17) is 5.11 Å². The molecule has 0 saturated heterocycles. The summed E-state index contributed by atoms with van der Waals surface area (Å²) in [7, 11) is 0. The van der Waals surface area contributed by atoms with E-state index in [0.717, 1.165) is 29.8 Å². The molecule has 1 heterocycles. The van der Waals surface area contributed by atoms with E-state index in [0.29, 0.717) is 6.54 Å². The molecule has 0 radical (unpaired) electrons. The Morgan fingerprint density at radius 2 is 2.19 bits per heavy atom. The molecule has 6 nitrogen and oxygen atoms in total. The normalized spacial score (nSPS) is 12.3. The predicted octanol–water partition coefficient (Wildman–Crippen LogP) is 1.41. The minimum Gasteiger partial charge on any atom is -0.394 e. The highest BCUT2D eigenvalue weighted by Gasteiger charge is 2.07. The summed E-state index contributed by atoms with van der Waals surface area (Å²) in [5.74, 6) is 0.981.